The van der Waals surface area contributed by atoms with Crippen molar-refractivity contribution in [3.05, 3.63) is 59.7 Å². The van der Waals surface area contributed by atoms with E-state index in [1.54, 1.807) is 0 Å². The van der Waals surface area contributed by atoms with Crippen molar-refractivity contribution < 1.29 is 22.0 Å². The number of rotatable bonds is 4. The third kappa shape index (κ3) is 3.43. The zero-order valence-electron chi connectivity index (χ0n) is 10.9. The number of halogens is 2. The molecule has 110 valence electrons. The molecule has 0 aliphatic heterocycles. The summed E-state index contributed by atoms with van der Waals surface area (Å²) in [5.74, 6) is -2.60. The van der Waals surface area contributed by atoms with Crippen LogP contribution in [0, 0.1) is 11.6 Å². The van der Waals surface area contributed by atoms with Gasteiger partial charge in [-0.1, -0.05) is 12.1 Å². The summed E-state index contributed by atoms with van der Waals surface area (Å²) in [6.07, 6.45) is 0. The average molecular weight is 311 g/mol. The average Bonchev–Trinajstić information content (AvgIpc) is 2.41. The largest absolute Gasteiger partial charge is 0.295 e. The number of hydrogen-bond donors (Lipinski definition) is 1. The van der Waals surface area contributed by atoms with Crippen molar-refractivity contribution in [2.45, 2.75) is 11.8 Å². The van der Waals surface area contributed by atoms with E-state index in [4.69, 9.17) is 0 Å². The minimum absolute atomic E-state index is 0.160. The SMILES string of the molecule is CC(=O)c1cccc(NS(=O)(=O)c2ccc(F)c(F)c2)c1. The molecule has 7 heteroatoms. The van der Waals surface area contributed by atoms with Crippen molar-refractivity contribution in [2.24, 2.45) is 0 Å². The first-order valence-electron chi connectivity index (χ1n) is 5.88. The lowest BCUT2D eigenvalue weighted by Crippen LogP contribution is -2.13. The molecule has 4 nitrogen and oxygen atoms in total. The zero-order chi connectivity index (χ0) is 15.6. The van der Waals surface area contributed by atoms with Gasteiger partial charge in [0.25, 0.3) is 10.0 Å². The fourth-order valence-corrected chi connectivity index (χ4v) is 2.72. The number of ketones is 1. The van der Waals surface area contributed by atoms with E-state index in [0.29, 0.717) is 11.6 Å². The molecule has 0 fully saturated rings. The summed E-state index contributed by atoms with van der Waals surface area (Å²) < 4.78 is 52.3. The fraction of sp³-hybridized carbons (Fsp3) is 0.0714. The third-order valence-electron chi connectivity index (χ3n) is 2.72. The molecule has 2 aromatic carbocycles. The molecule has 2 aromatic rings. The normalized spacial score (nSPS) is 11.2. The standard InChI is InChI=1S/C14H11F2NO3S/c1-9(18)10-3-2-4-11(7-10)17-21(19,20)12-5-6-13(15)14(16)8-12/h2-8,17H,1H3. The summed E-state index contributed by atoms with van der Waals surface area (Å²) in [7, 11) is -4.06. The van der Waals surface area contributed by atoms with E-state index in [9.17, 15) is 22.0 Å². The molecule has 0 amide bonds. The molecule has 21 heavy (non-hydrogen) atoms. The van der Waals surface area contributed by atoms with Gasteiger partial charge in [0.15, 0.2) is 17.4 Å². The molecule has 0 aromatic heterocycles. The van der Waals surface area contributed by atoms with Crippen LogP contribution in [0.5, 0.6) is 0 Å². The van der Waals surface area contributed by atoms with Crippen molar-refractivity contribution in [1.29, 1.82) is 0 Å². The Balaban J connectivity index is 2.35. The van der Waals surface area contributed by atoms with Gasteiger partial charge in [-0.15, -0.1) is 0 Å². The van der Waals surface area contributed by atoms with Gasteiger partial charge >= 0.3 is 0 Å². The highest BCUT2D eigenvalue weighted by molar-refractivity contribution is 7.92. The van der Waals surface area contributed by atoms with Crippen LogP contribution in [0.2, 0.25) is 0 Å². The zero-order valence-corrected chi connectivity index (χ0v) is 11.7. The maximum Gasteiger partial charge on any atom is 0.261 e. The van der Waals surface area contributed by atoms with Gasteiger partial charge in [-0.2, -0.15) is 0 Å². The maximum atomic E-state index is 13.1. The van der Waals surface area contributed by atoms with Crippen LogP contribution in [0.4, 0.5) is 14.5 Å². The summed E-state index contributed by atoms with van der Waals surface area (Å²) >= 11 is 0. The smallest absolute Gasteiger partial charge is 0.261 e. The Morgan fingerprint density at radius 3 is 2.38 bits per heavy atom. The molecule has 0 saturated heterocycles. The molecule has 0 heterocycles. The van der Waals surface area contributed by atoms with Gasteiger partial charge in [0, 0.05) is 11.3 Å². The van der Waals surface area contributed by atoms with Gasteiger partial charge in [-0.05, 0) is 37.3 Å². The highest BCUT2D eigenvalue weighted by atomic mass is 32.2. The fourth-order valence-electron chi connectivity index (χ4n) is 1.66. The Labute approximate surface area is 120 Å². The van der Waals surface area contributed by atoms with Crippen LogP contribution in [0.3, 0.4) is 0 Å². The number of sulfonamides is 1. The van der Waals surface area contributed by atoms with Gasteiger partial charge in [-0.25, -0.2) is 17.2 Å². The molecule has 0 spiro atoms. The van der Waals surface area contributed by atoms with E-state index < -0.39 is 26.6 Å². The van der Waals surface area contributed by atoms with Gasteiger partial charge in [-0.3, -0.25) is 9.52 Å². The number of nitrogens with one attached hydrogen (secondary N) is 1. The Hall–Kier alpha value is -2.28. The second kappa shape index (κ2) is 5.61. The molecule has 0 radical (unpaired) electrons. The van der Waals surface area contributed by atoms with E-state index in [1.807, 2.05) is 0 Å². The number of Topliss-reactive ketones (excluding diaryl/α,β-unsaturated/α-hetero) is 1. The van der Waals surface area contributed by atoms with Crippen molar-refractivity contribution in [3.63, 3.8) is 0 Å². The van der Waals surface area contributed by atoms with Crippen LogP contribution in [0.15, 0.2) is 47.4 Å². The van der Waals surface area contributed by atoms with Gasteiger partial charge in [0.05, 0.1) is 4.90 Å². The lowest BCUT2D eigenvalue weighted by Gasteiger charge is -2.09. The number of carbonyl (C=O) groups excluding carboxylic acids is 1. The van der Waals surface area contributed by atoms with Crippen molar-refractivity contribution in [2.75, 3.05) is 4.72 Å². The monoisotopic (exact) mass is 311 g/mol. The van der Waals surface area contributed by atoms with Crippen LogP contribution >= 0.6 is 0 Å². The predicted molar refractivity (Wildman–Crippen MR) is 73.6 cm³/mol. The molecule has 0 aliphatic carbocycles. The van der Waals surface area contributed by atoms with E-state index in [-0.39, 0.29) is 11.5 Å². The number of benzene rings is 2. The molecule has 0 saturated carbocycles. The maximum absolute atomic E-state index is 13.1. The molecule has 0 unspecified atom stereocenters. The van der Waals surface area contributed by atoms with Crippen LogP contribution in [-0.2, 0) is 10.0 Å². The lowest BCUT2D eigenvalue weighted by molar-refractivity contribution is 0.101. The van der Waals surface area contributed by atoms with Crippen LogP contribution in [-0.4, -0.2) is 14.2 Å². The Morgan fingerprint density at radius 2 is 1.76 bits per heavy atom. The van der Waals surface area contributed by atoms with E-state index >= 15 is 0 Å². The summed E-state index contributed by atoms with van der Waals surface area (Å²) in [5.41, 5.74) is 0.493. The first-order valence-corrected chi connectivity index (χ1v) is 7.37. The van der Waals surface area contributed by atoms with Crippen LogP contribution in [0.1, 0.15) is 17.3 Å². The Bertz CT molecular complexity index is 804. The molecular formula is C14H11F2NO3S. The highest BCUT2D eigenvalue weighted by Crippen LogP contribution is 2.19. The second-order valence-corrected chi connectivity index (χ2v) is 6.00. The Kier molecular flexibility index (Phi) is 4.04. The molecule has 0 aliphatic rings. The minimum atomic E-state index is -4.06. The summed E-state index contributed by atoms with van der Waals surface area (Å²) in [6, 6.07) is 8.14. The summed E-state index contributed by atoms with van der Waals surface area (Å²) in [4.78, 5) is 10.8. The van der Waals surface area contributed by atoms with Gasteiger partial charge in [0.2, 0.25) is 0 Å². The second-order valence-electron chi connectivity index (χ2n) is 4.32. The number of anilines is 1. The van der Waals surface area contributed by atoms with Gasteiger partial charge in [0.1, 0.15) is 0 Å². The van der Waals surface area contributed by atoms with Crippen molar-refractivity contribution in [3.8, 4) is 0 Å². The quantitative estimate of drug-likeness (QED) is 0.883. The lowest BCUT2D eigenvalue weighted by atomic mass is 10.1. The van der Waals surface area contributed by atoms with Crippen molar-refractivity contribution in [1.82, 2.24) is 0 Å². The minimum Gasteiger partial charge on any atom is -0.295 e. The summed E-state index contributed by atoms with van der Waals surface area (Å²) in [6.45, 7) is 1.35. The Morgan fingerprint density at radius 1 is 1.05 bits per heavy atom. The topological polar surface area (TPSA) is 63.2 Å². The highest BCUT2D eigenvalue weighted by Gasteiger charge is 2.17. The first-order chi connectivity index (χ1) is 9.79. The molecule has 0 bridgehead atoms. The molecule has 1 N–H and O–H groups in total. The third-order valence-corrected chi connectivity index (χ3v) is 4.10. The van der Waals surface area contributed by atoms with E-state index in [1.165, 1.54) is 31.2 Å². The van der Waals surface area contributed by atoms with Crippen molar-refractivity contribution >= 4 is 21.5 Å². The molecule has 2 rings (SSSR count). The van der Waals surface area contributed by atoms with Crippen LogP contribution in [0.25, 0.3) is 0 Å². The molecular weight excluding hydrogens is 300 g/mol. The summed E-state index contributed by atoms with van der Waals surface area (Å²) in [5, 5.41) is 0. The predicted octanol–water partition coefficient (Wildman–Crippen LogP) is 2.97. The molecule has 0 atom stereocenters. The van der Waals surface area contributed by atoms with Crippen LogP contribution < -0.4 is 4.72 Å². The number of hydrogen-bond acceptors (Lipinski definition) is 3. The number of carbonyl (C=O) groups is 1. The van der Waals surface area contributed by atoms with E-state index in [2.05, 4.69) is 4.72 Å². The van der Waals surface area contributed by atoms with E-state index in [0.717, 1.165) is 12.1 Å². The first kappa shape index (κ1) is 15.1. The van der Waals surface area contributed by atoms with Gasteiger partial charge < -0.3 is 0 Å².